The highest BCUT2D eigenvalue weighted by molar-refractivity contribution is 5.73. The van der Waals surface area contributed by atoms with Gasteiger partial charge in [0.05, 0.1) is 0 Å². The highest BCUT2D eigenvalue weighted by Crippen LogP contribution is 2.28. The van der Waals surface area contributed by atoms with Crippen LogP contribution in [0.2, 0.25) is 0 Å². The van der Waals surface area contributed by atoms with Crippen LogP contribution in [0, 0.1) is 10.1 Å². The van der Waals surface area contributed by atoms with Crippen molar-refractivity contribution in [2.75, 3.05) is 19.6 Å². The lowest BCUT2D eigenvalue weighted by Gasteiger charge is -2.26. The van der Waals surface area contributed by atoms with Crippen LogP contribution in [0.25, 0.3) is 0 Å². The van der Waals surface area contributed by atoms with Gasteiger partial charge in [-0.15, -0.1) is 0 Å². The molecule has 0 aromatic carbocycles. The van der Waals surface area contributed by atoms with E-state index in [2.05, 4.69) is 16.0 Å². The first kappa shape index (κ1) is 22.8. The summed E-state index contributed by atoms with van der Waals surface area (Å²) in [5.74, 6) is -0.492. The summed E-state index contributed by atoms with van der Waals surface area (Å²) in [7, 11) is 0. The summed E-state index contributed by atoms with van der Waals surface area (Å²) in [6.45, 7) is 5.39. The van der Waals surface area contributed by atoms with Crippen LogP contribution < -0.4 is 16.0 Å². The average molecular weight is 358 g/mol. The number of rotatable bonds is 13. The van der Waals surface area contributed by atoms with E-state index in [1.165, 1.54) is 20.8 Å². The fourth-order valence-electron chi connectivity index (χ4n) is 2.69. The zero-order valence-electron chi connectivity index (χ0n) is 15.4. The Morgan fingerprint density at radius 1 is 0.760 bits per heavy atom. The van der Waals surface area contributed by atoms with Crippen LogP contribution in [0.4, 0.5) is 0 Å². The first-order valence-corrected chi connectivity index (χ1v) is 8.57. The summed E-state index contributed by atoms with van der Waals surface area (Å²) in [5, 5.41) is 19.7. The monoisotopic (exact) mass is 358 g/mol. The lowest BCUT2D eigenvalue weighted by atomic mass is 9.84. The molecule has 0 aliphatic heterocycles. The molecule has 0 aliphatic carbocycles. The second-order valence-electron chi connectivity index (χ2n) is 6.24. The molecule has 144 valence electrons. The quantitative estimate of drug-likeness (QED) is 0.254. The van der Waals surface area contributed by atoms with Crippen molar-refractivity contribution in [3.05, 3.63) is 10.1 Å². The van der Waals surface area contributed by atoms with Gasteiger partial charge in [-0.2, -0.15) is 0 Å². The Bertz CT molecular complexity index is 412. The fourth-order valence-corrected chi connectivity index (χ4v) is 2.69. The molecule has 0 heterocycles. The van der Waals surface area contributed by atoms with E-state index < -0.39 is 5.54 Å². The molecule has 25 heavy (non-hydrogen) atoms. The Morgan fingerprint density at radius 3 is 1.24 bits per heavy atom. The van der Waals surface area contributed by atoms with Crippen LogP contribution in [-0.2, 0) is 14.4 Å². The fraction of sp³-hybridized carbons (Fsp3) is 0.812. The minimum Gasteiger partial charge on any atom is -0.356 e. The van der Waals surface area contributed by atoms with Crippen LogP contribution in [0.1, 0.15) is 59.3 Å². The predicted octanol–water partition coefficient (Wildman–Crippen LogP) is 0.751. The Hall–Kier alpha value is -2.19. The molecule has 0 atom stereocenters. The minimum atomic E-state index is -1.12. The van der Waals surface area contributed by atoms with Gasteiger partial charge in [-0.25, -0.2) is 0 Å². The molecule has 3 N–H and O–H groups in total. The van der Waals surface area contributed by atoms with E-state index in [4.69, 9.17) is 0 Å². The van der Waals surface area contributed by atoms with Crippen molar-refractivity contribution < 1.29 is 19.3 Å². The first-order chi connectivity index (χ1) is 11.7. The van der Waals surface area contributed by atoms with E-state index in [0.29, 0.717) is 58.2 Å². The minimum absolute atomic E-state index is 0.164. The van der Waals surface area contributed by atoms with E-state index in [9.17, 15) is 24.5 Å². The Morgan fingerprint density at radius 2 is 1.04 bits per heavy atom. The molecule has 0 radical (unpaired) electrons. The molecule has 0 fully saturated rings. The average Bonchev–Trinajstić information content (AvgIpc) is 2.50. The van der Waals surface area contributed by atoms with Gasteiger partial charge in [-0.1, -0.05) is 0 Å². The second-order valence-corrected chi connectivity index (χ2v) is 6.24. The van der Waals surface area contributed by atoms with Gasteiger partial charge in [-0.05, 0) is 19.3 Å². The van der Waals surface area contributed by atoms with Crippen LogP contribution >= 0.6 is 0 Å². The van der Waals surface area contributed by atoms with E-state index in [1.54, 1.807) is 0 Å². The van der Waals surface area contributed by atoms with Gasteiger partial charge < -0.3 is 16.0 Å². The van der Waals surface area contributed by atoms with Crippen LogP contribution in [0.3, 0.4) is 0 Å². The van der Waals surface area contributed by atoms with Crippen LogP contribution in [0.15, 0.2) is 0 Å². The molecule has 9 nitrogen and oxygen atoms in total. The van der Waals surface area contributed by atoms with Crippen molar-refractivity contribution in [3.63, 3.8) is 0 Å². The van der Waals surface area contributed by atoms with Crippen molar-refractivity contribution in [2.45, 2.75) is 64.8 Å². The number of nitrogens with zero attached hydrogens (tertiary/aromatic N) is 1. The molecular weight excluding hydrogens is 328 g/mol. The summed E-state index contributed by atoms with van der Waals surface area (Å²) in [6.07, 6.45) is 2.50. The normalized spacial score (nSPS) is 10.8. The second kappa shape index (κ2) is 12.2. The van der Waals surface area contributed by atoms with Gasteiger partial charge in [0.25, 0.3) is 0 Å². The Kier molecular flexibility index (Phi) is 11.1. The standard InChI is InChI=1S/C16H30N4O5/c1-13(21)17-10-4-7-16(20(24)25,8-5-11-18-14(2)22)9-6-12-19-15(3)23/h4-12H2,1-3H3,(H,17,21)(H,18,22)(H,19,23). The van der Waals surface area contributed by atoms with Gasteiger partial charge in [0.1, 0.15) is 0 Å². The zero-order valence-corrected chi connectivity index (χ0v) is 15.4. The van der Waals surface area contributed by atoms with Gasteiger partial charge in [0, 0.05) is 64.6 Å². The van der Waals surface area contributed by atoms with Gasteiger partial charge in [-0.3, -0.25) is 24.5 Å². The molecule has 3 amide bonds. The molecule has 9 heteroatoms. The van der Waals surface area contributed by atoms with Crippen LogP contribution in [-0.4, -0.2) is 47.8 Å². The van der Waals surface area contributed by atoms with E-state index in [-0.39, 0.29) is 22.6 Å². The molecule has 0 saturated heterocycles. The maximum Gasteiger partial charge on any atom is 0.222 e. The summed E-state index contributed by atoms with van der Waals surface area (Å²) >= 11 is 0. The first-order valence-electron chi connectivity index (χ1n) is 8.57. The van der Waals surface area contributed by atoms with Crippen molar-refractivity contribution in [1.82, 2.24) is 16.0 Å². The number of carbonyl (C=O) groups excluding carboxylic acids is 3. The maximum absolute atomic E-state index is 11.7. The number of carbonyl (C=O) groups is 3. The molecule has 0 unspecified atom stereocenters. The smallest absolute Gasteiger partial charge is 0.222 e. The predicted molar refractivity (Wildman–Crippen MR) is 93.5 cm³/mol. The number of hydrogen-bond acceptors (Lipinski definition) is 5. The van der Waals surface area contributed by atoms with E-state index in [0.717, 1.165) is 0 Å². The molecule has 0 aliphatic rings. The SMILES string of the molecule is CC(=O)NCCCC(CCCNC(C)=O)(CCCNC(C)=O)[N+](=O)[O-]. The number of amides is 3. The third-order valence-corrected chi connectivity index (χ3v) is 3.97. The Balaban J connectivity index is 4.72. The number of nitro groups is 1. The number of hydrogen-bond donors (Lipinski definition) is 3. The summed E-state index contributed by atoms with van der Waals surface area (Å²) < 4.78 is 0. The highest BCUT2D eigenvalue weighted by Gasteiger charge is 2.40. The molecule has 0 aromatic heterocycles. The van der Waals surface area contributed by atoms with E-state index in [1.807, 2.05) is 0 Å². The van der Waals surface area contributed by atoms with Crippen molar-refractivity contribution >= 4 is 17.7 Å². The van der Waals surface area contributed by atoms with Crippen molar-refractivity contribution in [2.24, 2.45) is 0 Å². The molecule has 0 rings (SSSR count). The molecule has 0 spiro atoms. The van der Waals surface area contributed by atoms with Crippen molar-refractivity contribution in [1.29, 1.82) is 0 Å². The third kappa shape index (κ3) is 11.1. The topological polar surface area (TPSA) is 130 Å². The van der Waals surface area contributed by atoms with Gasteiger partial charge in [0.2, 0.25) is 23.3 Å². The van der Waals surface area contributed by atoms with Gasteiger partial charge in [0.15, 0.2) is 0 Å². The zero-order chi connectivity index (χ0) is 19.3. The molecular formula is C16H30N4O5. The molecule has 0 aromatic rings. The summed E-state index contributed by atoms with van der Waals surface area (Å²) in [5.41, 5.74) is -1.12. The van der Waals surface area contributed by atoms with Crippen LogP contribution in [0.5, 0.6) is 0 Å². The van der Waals surface area contributed by atoms with Crippen molar-refractivity contribution in [3.8, 4) is 0 Å². The maximum atomic E-state index is 11.7. The summed E-state index contributed by atoms with van der Waals surface area (Å²) in [6, 6.07) is 0. The summed E-state index contributed by atoms with van der Waals surface area (Å²) in [4.78, 5) is 44.3. The van der Waals surface area contributed by atoms with Gasteiger partial charge >= 0.3 is 0 Å². The highest BCUT2D eigenvalue weighted by atomic mass is 16.6. The van der Waals surface area contributed by atoms with E-state index >= 15 is 0 Å². The lowest BCUT2D eigenvalue weighted by Crippen LogP contribution is -2.41. The molecule has 0 bridgehead atoms. The number of nitrogens with one attached hydrogen (secondary N) is 3. The third-order valence-electron chi connectivity index (χ3n) is 3.97. The Labute approximate surface area is 148 Å². The lowest BCUT2D eigenvalue weighted by molar-refractivity contribution is -0.574. The molecule has 0 saturated carbocycles. The largest absolute Gasteiger partial charge is 0.356 e.